The third-order valence-corrected chi connectivity index (χ3v) is 5.55. The summed E-state index contributed by atoms with van der Waals surface area (Å²) in [4.78, 5) is 18.8. The Labute approximate surface area is 171 Å². The maximum absolute atomic E-state index is 11.4. The Morgan fingerprint density at radius 1 is 1.03 bits per heavy atom. The van der Waals surface area contributed by atoms with Gasteiger partial charge in [0.25, 0.3) is 0 Å². The van der Waals surface area contributed by atoms with Gasteiger partial charge in [-0.25, -0.2) is 4.98 Å². The third-order valence-electron chi connectivity index (χ3n) is 5.55. The van der Waals surface area contributed by atoms with Crippen molar-refractivity contribution in [1.29, 1.82) is 0 Å². The van der Waals surface area contributed by atoms with Gasteiger partial charge in [-0.15, -0.1) is 0 Å². The van der Waals surface area contributed by atoms with Crippen molar-refractivity contribution in [2.45, 2.75) is 32.2 Å². The molecule has 0 aliphatic carbocycles. The van der Waals surface area contributed by atoms with Gasteiger partial charge in [-0.05, 0) is 62.1 Å². The molecule has 0 radical (unpaired) electrons. The van der Waals surface area contributed by atoms with Crippen LogP contribution in [-0.2, 0) is 13.0 Å². The largest absolute Gasteiger partial charge is 0.366 e. The third kappa shape index (κ3) is 4.74. The summed E-state index contributed by atoms with van der Waals surface area (Å²) in [5.41, 5.74) is 9.36. The normalized spacial score (nSPS) is 14.3. The Hall–Kier alpha value is -2.92. The summed E-state index contributed by atoms with van der Waals surface area (Å²) in [6.45, 7) is 3.77. The molecule has 5 nitrogen and oxygen atoms in total. The fraction of sp³-hybridized carbons (Fsp3) is 0.333. The zero-order valence-electron chi connectivity index (χ0n) is 16.7. The maximum atomic E-state index is 11.4. The topological polar surface area (TPSA) is 71.2 Å². The number of hydrogen-bond acceptors (Lipinski definition) is 4. The molecule has 1 aliphatic rings. The standard InChI is InChI=1S/C24H28N4O/c25-23(29)20-9-6-7-18(15-20)11-12-26-17-21-16-19-8-2-3-10-22(19)27-24(21)28-13-4-1-5-14-28/h2-3,6-10,15-16,26H,1,4-5,11-14,17H2,(H2,25,29). The molecule has 4 rings (SSSR count). The number of carbonyl (C=O) groups excluding carboxylic acids is 1. The van der Waals surface area contributed by atoms with Gasteiger partial charge < -0.3 is 16.0 Å². The summed E-state index contributed by atoms with van der Waals surface area (Å²) in [5, 5.41) is 4.74. The van der Waals surface area contributed by atoms with Crippen molar-refractivity contribution in [3.63, 3.8) is 0 Å². The summed E-state index contributed by atoms with van der Waals surface area (Å²) in [6.07, 6.45) is 4.62. The highest BCUT2D eigenvalue weighted by atomic mass is 16.1. The second-order valence-electron chi connectivity index (χ2n) is 7.70. The number of fused-ring (bicyclic) bond motifs is 1. The first-order chi connectivity index (χ1) is 14.2. The summed E-state index contributed by atoms with van der Waals surface area (Å²) < 4.78 is 0. The van der Waals surface area contributed by atoms with Gasteiger partial charge in [0.1, 0.15) is 5.82 Å². The number of para-hydroxylation sites is 1. The number of rotatable bonds is 7. The molecule has 29 heavy (non-hydrogen) atoms. The predicted molar refractivity (Wildman–Crippen MR) is 118 cm³/mol. The number of nitrogens with two attached hydrogens (primary N) is 1. The number of nitrogens with one attached hydrogen (secondary N) is 1. The Bertz CT molecular complexity index is 995. The zero-order chi connectivity index (χ0) is 20.1. The van der Waals surface area contributed by atoms with E-state index >= 15 is 0 Å². The lowest BCUT2D eigenvalue weighted by atomic mass is 10.1. The molecule has 150 valence electrons. The lowest BCUT2D eigenvalue weighted by molar-refractivity contribution is 0.1000. The van der Waals surface area contributed by atoms with E-state index in [2.05, 4.69) is 34.5 Å². The number of pyridine rings is 1. The Balaban J connectivity index is 1.46. The SMILES string of the molecule is NC(=O)c1cccc(CCNCc2cc3ccccc3nc2N2CCCCC2)c1. The fourth-order valence-electron chi connectivity index (χ4n) is 4.00. The molecule has 2 heterocycles. The smallest absolute Gasteiger partial charge is 0.248 e. The van der Waals surface area contributed by atoms with Crippen LogP contribution in [0.15, 0.2) is 54.6 Å². The van der Waals surface area contributed by atoms with Crippen molar-refractivity contribution in [1.82, 2.24) is 10.3 Å². The van der Waals surface area contributed by atoms with E-state index in [9.17, 15) is 4.79 Å². The Morgan fingerprint density at radius 3 is 2.69 bits per heavy atom. The van der Waals surface area contributed by atoms with Crippen molar-refractivity contribution in [3.05, 3.63) is 71.3 Å². The molecular weight excluding hydrogens is 360 g/mol. The van der Waals surface area contributed by atoms with Crippen LogP contribution in [0.2, 0.25) is 0 Å². The highest BCUT2D eigenvalue weighted by molar-refractivity contribution is 5.92. The van der Waals surface area contributed by atoms with Crippen LogP contribution < -0.4 is 16.0 Å². The van der Waals surface area contributed by atoms with E-state index in [1.54, 1.807) is 6.07 Å². The maximum Gasteiger partial charge on any atom is 0.248 e. The molecule has 0 saturated carbocycles. The highest BCUT2D eigenvalue weighted by Crippen LogP contribution is 2.26. The minimum atomic E-state index is -0.381. The molecule has 5 heteroatoms. The van der Waals surface area contributed by atoms with Crippen molar-refractivity contribution in [2.24, 2.45) is 5.73 Å². The number of benzene rings is 2. The van der Waals surface area contributed by atoms with Crippen LogP contribution in [0.3, 0.4) is 0 Å². The average molecular weight is 389 g/mol. The average Bonchev–Trinajstić information content (AvgIpc) is 2.77. The van der Waals surface area contributed by atoms with Crippen molar-refractivity contribution in [2.75, 3.05) is 24.5 Å². The van der Waals surface area contributed by atoms with E-state index in [4.69, 9.17) is 10.7 Å². The first-order valence-corrected chi connectivity index (χ1v) is 10.4. The van der Waals surface area contributed by atoms with E-state index in [0.717, 1.165) is 49.5 Å². The van der Waals surface area contributed by atoms with Gasteiger partial charge in [0, 0.05) is 36.1 Å². The van der Waals surface area contributed by atoms with Gasteiger partial charge in [-0.1, -0.05) is 30.3 Å². The van der Waals surface area contributed by atoms with E-state index in [0.29, 0.717) is 5.56 Å². The molecule has 1 saturated heterocycles. The molecule has 1 aliphatic heterocycles. The quantitative estimate of drug-likeness (QED) is 0.606. The molecule has 0 bridgehead atoms. The summed E-state index contributed by atoms with van der Waals surface area (Å²) in [5.74, 6) is 0.736. The first-order valence-electron chi connectivity index (χ1n) is 10.4. The molecule has 2 aromatic carbocycles. The number of primary amides is 1. The monoisotopic (exact) mass is 388 g/mol. The van der Waals surface area contributed by atoms with Gasteiger partial charge in [-0.2, -0.15) is 0 Å². The predicted octanol–water partition coefficient (Wildman–Crippen LogP) is 3.66. The van der Waals surface area contributed by atoms with E-state index < -0.39 is 0 Å². The van der Waals surface area contributed by atoms with Crippen LogP contribution in [0.25, 0.3) is 10.9 Å². The number of amides is 1. The summed E-state index contributed by atoms with van der Waals surface area (Å²) in [7, 11) is 0. The molecule has 0 spiro atoms. The summed E-state index contributed by atoms with van der Waals surface area (Å²) in [6, 6.07) is 18.1. The fourth-order valence-corrected chi connectivity index (χ4v) is 4.00. The number of carbonyl (C=O) groups is 1. The van der Waals surface area contributed by atoms with Gasteiger partial charge in [0.05, 0.1) is 5.52 Å². The molecule has 3 N–H and O–H groups in total. The lowest BCUT2D eigenvalue weighted by Gasteiger charge is -2.30. The minimum Gasteiger partial charge on any atom is -0.366 e. The molecule has 1 fully saturated rings. The van der Waals surface area contributed by atoms with Crippen molar-refractivity contribution >= 4 is 22.6 Å². The van der Waals surface area contributed by atoms with Gasteiger partial charge in [0.2, 0.25) is 5.91 Å². The molecule has 1 amide bonds. The van der Waals surface area contributed by atoms with Gasteiger partial charge in [-0.3, -0.25) is 4.79 Å². The first kappa shape index (κ1) is 19.4. The second kappa shape index (κ2) is 9.05. The lowest BCUT2D eigenvalue weighted by Crippen LogP contribution is -2.32. The van der Waals surface area contributed by atoms with Crippen LogP contribution in [0.4, 0.5) is 5.82 Å². The van der Waals surface area contributed by atoms with E-state index in [1.807, 2.05) is 24.3 Å². The van der Waals surface area contributed by atoms with Crippen LogP contribution in [-0.4, -0.2) is 30.5 Å². The Morgan fingerprint density at radius 2 is 1.86 bits per heavy atom. The van der Waals surface area contributed by atoms with E-state index in [-0.39, 0.29) is 5.91 Å². The van der Waals surface area contributed by atoms with Crippen LogP contribution in [0.1, 0.15) is 40.7 Å². The van der Waals surface area contributed by atoms with Gasteiger partial charge in [0.15, 0.2) is 0 Å². The minimum absolute atomic E-state index is 0.381. The number of hydrogen-bond donors (Lipinski definition) is 2. The molecule has 0 atom stereocenters. The zero-order valence-corrected chi connectivity index (χ0v) is 16.7. The second-order valence-corrected chi connectivity index (χ2v) is 7.70. The Kier molecular flexibility index (Phi) is 6.06. The van der Waals surface area contributed by atoms with Crippen LogP contribution in [0.5, 0.6) is 0 Å². The number of aromatic nitrogens is 1. The molecule has 0 unspecified atom stereocenters. The van der Waals surface area contributed by atoms with Crippen LogP contribution >= 0.6 is 0 Å². The van der Waals surface area contributed by atoms with Crippen molar-refractivity contribution in [3.8, 4) is 0 Å². The molecule has 3 aromatic rings. The number of piperidine rings is 1. The van der Waals surface area contributed by atoms with Gasteiger partial charge >= 0.3 is 0 Å². The summed E-state index contributed by atoms with van der Waals surface area (Å²) >= 11 is 0. The number of nitrogens with zero attached hydrogens (tertiary/aromatic N) is 2. The molecular formula is C24H28N4O. The molecule has 1 aromatic heterocycles. The van der Waals surface area contributed by atoms with Crippen molar-refractivity contribution < 1.29 is 4.79 Å². The number of anilines is 1. The highest BCUT2D eigenvalue weighted by Gasteiger charge is 2.16. The van der Waals surface area contributed by atoms with E-state index in [1.165, 1.54) is 30.2 Å². The van der Waals surface area contributed by atoms with Crippen LogP contribution in [0, 0.1) is 0 Å².